The Bertz CT molecular complexity index is 904. The predicted octanol–water partition coefficient (Wildman–Crippen LogP) is 3.51. The molecular weight excluding hydrogens is 365 g/mol. The molecule has 26 heavy (non-hydrogen) atoms. The highest BCUT2D eigenvalue weighted by Gasteiger charge is 2.45. The van der Waals surface area contributed by atoms with Gasteiger partial charge in [-0.3, -0.25) is 4.79 Å². The van der Waals surface area contributed by atoms with Crippen molar-refractivity contribution in [2.24, 2.45) is 0 Å². The van der Waals surface area contributed by atoms with Gasteiger partial charge in [-0.1, -0.05) is 11.6 Å². The molecule has 0 atom stereocenters. The minimum Gasteiger partial charge on any atom is -0.495 e. The summed E-state index contributed by atoms with van der Waals surface area (Å²) in [5, 5.41) is 2.89. The third-order valence-corrected chi connectivity index (χ3v) is 4.04. The van der Waals surface area contributed by atoms with E-state index in [-0.39, 0.29) is 11.6 Å². The van der Waals surface area contributed by atoms with E-state index in [4.69, 9.17) is 21.1 Å². The van der Waals surface area contributed by atoms with Crippen LogP contribution in [-0.2, 0) is 4.79 Å². The second kappa shape index (κ2) is 6.45. The monoisotopic (exact) mass is 379 g/mol. The second-order valence-corrected chi connectivity index (χ2v) is 6.46. The van der Waals surface area contributed by atoms with Crippen LogP contribution in [0.1, 0.15) is 13.8 Å². The molecule has 2 aromatic rings. The maximum atomic E-state index is 14.1. The van der Waals surface area contributed by atoms with Crippen molar-refractivity contribution in [3.05, 3.63) is 41.2 Å². The number of benzene rings is 1. The van der Waals surface area contributed by atoms with Gasteiger partial charge in [-0.05, 0) is 38.1 Å². The van der Waals surface area contributed by atoms with Gasteiger partial charge in [0, 0.05) is 6.07 Å². The third kappa shape index (κ3) is 3.15. The zero-order valence-corrected chi connectivity index (χ0v) is 14.9. The van der Waals surface area contributed by atoms with Crippen LogP contribution >= 0.6 is 11.6 Å². The van der Waals surface area contributed by atoms with Gasteiger partial charge in [0.05, 0.1) is 12.1 Å². The van der Waals surface area contributed by atoms with Crippen LogP contribution in [0.4, 0.5) is 15.0 Å². The summed E-state index contributed by atoms with van der Waals surface area (Å²) in [6, 6.07) is 6.15. The third-order valence-electron chi connectivity index (χ3n) is 3.73. The molecule has 0 aliphatic carbocycles. The molecule has 9 heteroatoms. The Morgan fingerprint density at radius 2 is 1.96 bits per heavy atom. The van der Waals surface area contributed by atoms with E-state index in [1.165, 1.54) is 31.4 Å². The van der Waals surface area contributed by atoms with Crippen LogP contribution in [-0.4, -0.2) is 29.6 Å². The molecule has 2 heterocycles. The largest absolute Gasteiger partial charge is 0.495 e. The number of hydrogen-bond acceptors (Lipinski definition) is 5. The van der Waals surface area contributed by atoms with Crippen molar-refractivity contribution in [1.82, 2.24) is 10.3 Å². The highest BCUT2D eigenvalue weighted by Crippen LogP contribution is 2.33. The number of nitrogens with one attached hydrogen (secondary N) is 1. The predicted molar refractivity (Wildman–Crippen MR) is 92.4 cm³/mol. The van der Waals surface area contributed by atoms with Crippen molar-refractivity contribution in [2.75, 3.05) is 12.0 Å². The lowest BCUT2D eigenvalue weighted by atomic mass is 10.1. The summed E-state index contributed by atoms with van der Waals surface area (Å²) < 4.78 is 24.6. The van der Waals surface area contributed by atoms with E-state index in [0.717, 1.165) is 11.0 Å². The van der Waals surface area contributed by atoms with Crippen molar-refractivity contribution in [2.45, 2.75) is 19.4 Å². The molecule has 1 aromatic heterocycles. The first-order chi connectivity index (χ1) is 12.2. The molecule has 1 aromatic carbocycles. The van der Waals surface area contributed by atoms with Crippen molar-refractivity contribution < 1.29 is 23.5 Å². The number of urea groups is 1. The van der Waals surface area contributed by atoms with Crippen LogP contribution in [0.2, 0.25) is 5.02 Å². The van der Waals surface area contributed by atoms with Gasteiger partial charge in [0.15, 0.2) is 5.82 Å². The fourth-order valence-electron chi connectivity index (χ4n) is 2.38. The molecule has 0 radical (unpaired) electrons. The molecule has 3 rings (SSSR count). The number of nitrogens with zero attached hydrogens (tertiary/aromatic N) is 2. The van der Waals surface area contributed by atoms with Crippen molar-refractivity contribution >= 4 is 29.4 Å². The Labute approximate surface area is 153 Å². The average molecular weight is 380 g/mol. The molecule has 1 fully saturated rings. The lowest BCUT2D eigenvalue weighted by Crippen LogP contribution is -2.40. The minimum absolute atomic E-state index is 0.0459. The van der Waals surface area contributed by atoms with Gasteiger partial charge < -0.3 is 14.8 Å². The lowest BCUT2D eigenvalue weighted by Gasteiger charge is -2.16. The van der Waals surface area contributed by atoms with E-state index in [1.807, 2.05) is 0 Å². The molecule has 1 N–H and O–H groups in total. The number of halogens is 2. The van der Waals surface area contributed by atoms with Gasteiger partial charge in [-0.15, -0.1) is 0 Å². The normalized spacial score (nSPS) is 15.8. The fourth-order valence-corrected chi connectivity index (χ4v) is 2.58. The Morgan fingerprint density at radius 1 is 1.23 bits per heavy atom. The maximum Gasteiger partial charge on any atom is 0.330 e. The number of ether oxygens (including phenoxy) is 2. The number of aromatic nitrogens is 1. The number of carbonyl (C=O) groups excluding carboxylic acids is 2. The maximum absolute atomic E-state index is 14.1. The highest BCUT2D eigenvalue weighted by atomic mass is 35.5. The van der Waals surface area contributed by atoms with Gasteiger partial charge in [-0.2, -0.15) is 4.98 Å². The van der Waals surface area contributed by atoms with Gasteiger partial charge in [0.1, 0.15) is 22.9 Å². The van der Waals surface area contributed by atoms with E-state index in [9.17, 15) is 14.0 Å². The first kappa shape index (κ1) is 17.9. The van der Waals surface area contributed by atoms with E-state index in [1.54, 1.807) is 13.8 Å². The fraction of sp³-hybridized carbons (Fsp3) is 0.235. The van der Waals surface area contributed by atoms with Crippen molar-refractivity contribution in [3.8, 4) is 17.4 Å². The van der Waals surface area contributed by atoms with Crippen molar-refractivity contribution in [3.63, 3.8) is 0 Å². The zero-order valence-electron chi connectivity index (χ0n) is 14.2. The first-order valence-corrected chi connectivity index (χ1v) is 7.95. The molecule has 3 amide bonds. The Balaban J connectivity index is 1.94. The number of hydrogen-bond donors (Lipinski definition) is 1. The molecule has 0 bridgehead atoms. The van der Waals surface area contributed by atoms with E-state index in [2.05, 4.69) is 10.3 Å². The van der Waals surface area contributed by atoms with E-state index in [0.29, 0.717) is 10.8 Å². The SMILES string of the molecule is COc1cc(Oc2nc(N3C(=O)NC(C)(C)C3=O)ccc2F)ccc1Cl. The summed E-state index contributed by atoms with van der Waals surface area (Å²) in [7, 11) is 1.43. The summed E-state index contributed by atoms with van der Waals surface area (Å²) in [4.78, 5) is 29.2. The number of imide groups is 1. The first-order valence-electron chi connectivity index (χ1n) is 7.57. The summed E-state index contributed by atoms with van der Waals surface area (Å²) in [6.45, 7) is 3.13. The number of rotatable bonds is 4. The number of pyridine rings is 1. The van der Waals surface area contributed by atoms with Crippen LogP contribution < -0.4 is 19.7 Å². The van der Waals surface area contributed by atoms with Crippen LogP contribution in [0.3, 0.4) is 0 Å². The van der Waals surface area contributed by atoms with Crippen molar-refractivity contribution in [1.29, 1.82) is 0 Å². The Morgan fingerprint density at radius 3 is 2.58 bits per heavy atom. The molecule has 7 nitrogen and oxygen atoms in total. The molecule has 1 aliphatic rings. The summed E-state index contributed by atoms with van der Waals surface area (Å²) in [5.41, 5.74) is -1.07. The number of amides is 3. The topological polar surface area (TPSA) is 80.8 Å². The second-order valence-electron chi connectivity index (χ2n) is 6.05. The molecule has 0 saturated carbocycles. The lowest BCUT2D eigenvalue weighted by molar-refractivity contribution is -0.121. The van der Waals surface area contributed by atoms with Gasteiger partial charge >= 0.3 is 6.03 Å². The molecule has 1 saturated heterocycles. The van der Waals surface area contributed by atoms with Gasteiger partial charge in [-0.25, -0.2) is 14.1 Å². The standard InChI is InChI=1S/C17H15ClFN3O4/c1-17(2)15(23)22(16(24)21-17)13-7-6-11(19)14(20-13)26-9-4-5-10(18)12(8-9)25-3/h4-8H,1-3H3,(H,21,24). The molecule has 1 aliphatic heterocycles. The quantitative estimate of drug-likeness (QED) is 0.822. The van der Waals surface area contributed by atoms with Crippen LogP contribution in [0.15, 0.2) is 30.3 Å². The number of methoxy groups -OCH3 is 1. The summed E-state index contributed by atoms with van der Waals surface area (Å²) >= 11 is 5.94. The zero-order chi connectivity index (χ0) is 19.1. The van der Waals surface area contributed by atoms with Crippen LogP contribution in [0.25, 0.3) is 0 Å². The summed E-state index contributed by atoms with van der Waals surface area (Å²) in [6.07, 6.45) is 0. The Hall–Kier alpha value is -2.87. The van der Waals surface area contributed by atoms with E-state index < -0.39 is 29.2 Å². The minimum atomic E-state index is -1.07. The number of anilines is 1. The van der Waals surface area contributed by atoms with E-state index >= 15 is 0 Å². The highest BCUT2D eigenvalue weighted by molar-refractivity contribution is 6.32. The van der Waals surface area contributed by atoms with Gasteiger partial charge in [0.2, 0.25) is 0 Å². The summed E-state index contributed by atoms with van der Waals surface area (Å²) in [5.74, 6) is -1.12. The molecule has 136 valence electrons. The molecule has 0 spiro atoms. The smallest absolute Gasteiger partial charge is 0.330 e. The van der Waals surface area contributed by atoms with Gasteiger partial charge in [0.25, 0.3) is 11.8 Å². The molecular formula is C17H15ClFN3O4. The van der Waals surface area contributed by atoms with Crippen LogP contribution in [0, 0.1) is 5.82 Å². The molecule has 0 unspecified atom stereocenters. The number of carbonyl (C=O) groups is 2. The van der Waals surface area contributed by atoms with Crippen LogP contribution in [0.5, 0.6) is 17.4 Å². The Kier molecular flexibility index (Phi) is 4.45. The average Bonchev–Trinajstić information content (AvgIpc) is 2.79.